The SMILES string of the molecule is CC(N)C1CN(C(C)CC#N)CCO1. The van der Waals surface area contributed by atoms with Crippen molar-refractivity contribution in [1.29, 1.82) is 5.26 Å². The number of hydrogen-bond acceptors (Lipinski definition) is 4. The number of nitrogens with zero attached hydrogens (tertiary/aromatic N) is 2. The second-order valence-electron chi connectivity index (χ2n) is 3.97. The van der Waals surface area contributed by atoms with Crippen molar-refractivity contribution in [3.8, 4) is 6.07 Å². The van der Waals surface area contributed by atoms with Gasteiger partial charge < -0.3 is 10.5 Å². The fourth-order valence-electron chi connectivity index (χ4n) is 1.68. The van der Waals surface area contributed by atoms with Gasteiger partial charge in [0.05, 0.1) is 25.2 Å². The van der Waals surface area contributed by atoms with E-state index in [-0.39, 0.29) is 12.1 Å². The molecule has 14 heavy (non-hydrogen) atoms. The summed E-state index contributed by atoms with van der Waals surface area (Å²) in [6.07, 6.45) is 0.691. The molecule has 4 nitrogen and oxygen atoms in total. The molecule has 1 rings (SSSR count). The Morgan fingerprint density at radius 2 is 2.36 bits per heavy atom. The standard InChI is InChI=1S/C10H19N3O/c1-8(3-4-11)13-5-6-14-10(7-13)9(2)12/h8-10H,3,5-7,12H2,1-2H3. The van der Waals surface area contributed by atoms with Crippen LogP contribution in [0.15, 0.2) is 0 Å². The molecule has 2 N–H and O–H groups in total. The summed E-state index contributed by atoms with van der Waals surface area (Å²) in [5, 5.41) is 8.61. The predicted octanol–water partition coefficient (Wildman–Crippen LogP) is 0.337. The lowest BCUT2D eigenvalue weighted by atomic mass is 10.1. The Kier molecular flexibility index (Phi) is 4.33. The Morgan fingerprint density at radius 1 is 1.64 bits per heavy atom. The summed E-state index contributed by atoms with van der Waals surface area (Å²) in [5.41, 5.74) is 5.79. The quantitative estimate of drug-likeness (QED) is 0.708. The maximum absolute atomic E-state index is 8.61. The van der Waals surface area contributed by atoms with Crippen molar-refractivity contribution < 1.29 is 4.74 Å². The van der Waals surface area contributed by atoms with Crippen LogP contribution in [0, 0.1) is 11.3 Å². The Balaban J connectivity index is 2.44. The molecule has 0 aromatic heterocycles. The highest BCUT2D eigenvalue weighted by atomic mass is 16.5. The molecule has 0 aromatic rings. The molecule has 1 saturated heterocycles. The maximum Gasteiger partial charge on any atom is 0.0850 e. The van der Waals surface area contributed by atoms with Crippen molar-refractivity contribution in [3.05, 3.63) is 0 Å². The molecule has 3 unspecified atom stereocenters. The van der Waals surface area contributed by atoms with Gasteiger partial charge in [-0.3, -0.25) is 4.90 Å². The van der Waals surface area contributed by atoms with Gasteiger partial charge in [0.15, 0.2) is 0 Å². The van der Waals surface area contributed by atoms with Crippen LogP contribution in [0.5, 0.6) is 0 Å². The molecule has 1 aliphatic heterocycles. The van der Waals surface area contributed by atoms with E-state index in [1.807, 2.05) is 6.92 Å². The second kappa shape index (κ2) is 5.30. The summed E-state index contributed by atoms with van der Waals surface area (Å²) < 4.78 is 5.55. The molecule has 0 aliphatic carbocycles. The lowest BCUT2D eigenvalue weighted by Crippen LogP contribution is -2.52. The van der Waals surface area contributed by atoms with Crippen LogP contribution < -0.4 is 5.73 Å². The van der Waals surface area contributed by atoms with E-state index < -0.39 is 0 Å². The van der Waals surface area contributed by atoms with Crippen LogP contribution in [0.1, 0.15) is 20.3 Å². The molecule has 4 heteroatoms. The van der Waals surface area contributed by atoms with Crippen LogP contribution in [0.3, 0.4) is 0 Å². The highest BCUT2D eigenvalue weighted by molar-refractivity contribution is 4.85. The van der Waals surface area contributed by atoms with Crippen molar-refractivity contribution in [2.24, 2.45) is 5.73 Å². The number of morpholine rings is 1. The van der Waals surface area contributed by atoms with E-state index in [1.165, 1.54) is 0 Å². The van der Waals surface area contributed by atoms with Crippen molar-refractivity contribution in [3.63, 3.8) is 0 Å². The summed E-state index contributed by atoms with van der Waals surface area (Å²) in [5.74, 6) is 0. The highest BCUT2D eigenvalue weighted by Crippen LogP contribution is 2.12. The lowest BCUT2D eigenvalue weighted by Gasteiger charge is -2.37. The molecule has 0 bridgehead atoms. The maximum atomic E-state index is 8.61. The molecule has 1 aliphatic rings. The third-order valence-electron chi connectivity index (χ3n) is 2.72. The third-order valence-corrected chi connectivity index (χ3v) is 2.72. The van der Waals surface area contributed by atoms with Crippen LogP contribution in [-0.4, -0.2) is 42.8 Å². The van der Waals surface area contributed by atoms with Crippen LogP contribution >= 0.6 is 0 Å². The molecule has 0 aromatic carbocycles. The number of nitriles is 1. The molecule has 0 radical (unpaired) electrons. The Bertz CT molecular complexity index is 212. The van der Waals surface area contributed by atoms with Crippen LogP contribution in [0.4, 0.5) is 0 Å². The Labute approximate surface area is 85.6 Å². The van der Waals surface area contributed by atoms with Crippen molar-refractivity contribution >= 4 is 0 Å². The lowest BCUT2D eigenvalue weighted by molar-refractivity contribution is -0.0487. The zero-order valence-electron chi connectivity index (χ0n) is 8.94. The normalized spacial score (nSPS) is 28.0. The fourth-order valence-corrected chi connectivity index (χ4v) is 1.68. The molecular weight excluding hydrogens is 178 g/mol. The topological polar surface area (TPSA) is 62.3 Å². The largest absolute Gasteiger partial charge is 0.374 e. The molecule has 1 heterocycles. The first kappa shape index (κ1) is 11.4. The van der Waals surface area contributed by atoms with Gasteiger partial charge in [-0.1, -0.05) is 0 Å². The minimum Gasteiger partial charge on any atom is -0.374 e. The number of rotatable bonds is 3. The number of ether oxygens (including phenoxy) is 1. The summed E-state index contributed by atoms with van der Waals surface area (Å²) in [6, 6.07) is 2.57. The first-order valence-corrected chi connectivity index (χ1v) is 5.13. The first-order valence-electron chi connectivity index (χ1n) is 5.13. The van der Waals surface area contributed by atoms with E-state index in [0.717, 1.165) is 19.7 Å². The highest BCUT2D eigenvalue weighted by Gasteiger charge is 2.25. The monoisotopic (exact) mass is 197 g/mol. The average Bonchev–Trinajstić information content (AvgIpc) is 2.18. The minimum absolute atomic E-state index is 0.0621. The van der Waals surface area contributed by atoms with Crippen LogP contribution in [0.25, 0.3) is 0 Å². The van der Waals surface area contributed by atoms with E-state index in [0.29, 0.717) is 12.5 Å². The minimum atomic E-state index is 0.0621. The van der Waals surface area contributed by atoms with Crippen molar-refractivity contribution in [2.45, 2.75) is 38.5 Å². The van der Waals surface area contributed by atoms with Gasteiger partial charge >= 0.3 is 0 Å². The van der Waals surface area contributed by atoms with Gasteiger partial charge in [-0.25, -0.2) is 0 Å². The van der Waals surface area contributed by atoms with Gasteiger partial charge in [0.25, 0.3) is 0 Å². The molecule has 1 fully saturated rings. The zero-order valence-corrected chi connectivity index (χ0v) is 8.94. The van der Waals surface area contributed by atoms with Gasteiger partial charge in [0.1, 0.15) is 0 Å². The number of nitrogens with two attached hydrogens (primary N) is 1. The van der Waals surface area contributed by atoms with Crippen LogP contribution in [-0.2, 0) is 4.74 Å². The molecular formula is C10H19N3O. The Morgan fingerprint density at radius 3 is 2.93 bits per heavy atom. The third kappa shape index (κ3) is 2.95. The van der Waals surface area contributed by atoms with E-state index in [2.05, 4.69) is 17.9 Å². The van der Waals surface area contributed by atoms with Crippen molar-refractivity contribution in [1.82, 2.24) is 4.90 Å². The summed E-state index contributed by atoms with van der Waals surface area (Å²) >= 11 is 0. The zero-order chi connectivity index (χ0) is 10.6. The van der Waals surface area contributed by atoms with E-state index in [9.17, 15) is 0 Å². The molecule has 80 valence electrons. The summed E-state index contributed by atoms with van der Waals surface area (Å²) in [4.78, 5) is 2.28. The van der Waals surface area contributed by atoms with Gasteiger partial charge in [-0.15, -0.1) is 0 Å². The first-order chi connectivity index (χ1) is 6.65. The van der Waals surface area contributed by atoms with E-state index in [4.69, 9.17) is 15.7 Å². The Hall–Kier alpha value is -0.630. The molecule has 0 saturated carbocycles. The predicted molar refractivity (Wildman–Crippen MR) is 54.7 cm³/mol. The van der Waals surface area contributed by atoms with Crippen LogP contribution in [0.2, 0.25) is 0 Å². The summed E-state index contributed by atoms with van der Waals surface area (Å²) in [6.45, 7) is 6.52. The van der Waals surface area contributed by atoms with Gasteiger partial charge in [-0.2, -0.15) is 5.26 Å². The van der Waals surface area contributed by atoms with E-state index >= 15 is 0 Å². The number of hydrogen-bond donors (Lipinski definition) is 1. The second-order valence-corrected chi connectivity index (χ2v) is 3.97. The smallest absolute Gasteiger partial charge is 0.0850 e. The molecule has 3 atom stereocenters. The summed E-state index contributed by atoms with van der Waals surface area (Å²) in [7, 11) is 0. The average molecular weight is 197 g/mol. The van der Waals surface area contributed by atoms with Gasteiger partial charge in [-0.05, 0) is 13.8 Å². The molecule has 0 amide bonds. The fraction of sp³-hybridized carbons (Fsp3) is 0.900. The van der Waals surface area contributed by atoms with Gasteiger partial charge in [0, 0.05) is 25.2 Å². The van der Waals surface area contributed by atoms with Crippen molar-refractivity contribution in [2.75, 3.05) is 19.7 Å². The van der Waals surface area contributed by atoms with Gasteiger partial charge in [0.2, 0.25) is 0 Å². The molecule has 0 spiro atoms. The van der Waals surface area contributed by atoms with E-state index in [1.54, 1.807) is 0 Å².